The minimum absolute atomic E-state index is 0.155. The highest BCUT2D eigenvalue weighted by molar-refractivity contribution is 5.74. The van der Waals surface area contributed by atoms with Gasteiger partial charge < -0.3 is 9.73 Å². The monoisotopic (exact) mass is 270 g/mol. The molecule has 0 aliphatic carbocycles. The molecular formula is C15H18N4O. The first kappa shape index (κ1) is 12.7. The lowest BCUT2D eigenvalue weighted by molar-refractivity contribution is 0.434. The maximum absolute atomic E-state index is 5.68. The molecule has 0 saturated heterocycles. The predicted molar refractivity (Wildman–Crippen MR) is 78.8 cm³/mol. The molecule has 0 radical (unpaired) electrons. The van der Waals surface area contributed by atoms with Crippen LogP contribution < -0.4 is 5.32 Å². The number of fused-ring (bicyclic) bond motifs is 1. The molecule has 5 nitrogen and oxygen atoms in total. The van der Waals surface area contributed by atoms with E-state index in [9.17, 15) is 0 Å². The summed E-state index contributed by atoms with van der Waals surface area (Å²) in [5.41, 5.74) is 2.82. The number of nitrogens with one attached hydrogen (secondary N) is 1. The average Bonchev–Trinajstić information content (AvgIpc) is 3.03. The van der Waals surface area contributed by atoms with Gasteiger partial charge in [-0.1, -0.05) is 12.1 Å². The number of nitrogens with zero attached hydrogens (tertiary/aromatic N) is 3. The second kappa shape index (κ2) is 5.00. The van der Waals surface area contributed by atoms with Crippen LogP contribution in [0, 0.1) is 6.92 Å². The molecular weight excluding hydrogens is 252 g/mol. The lowest BCUT2D eigenvalue weighted by atomic mass is 10.2. The minimum Gasteiger partial charge on any atom is -0.424 e. The van der Waals surface area contributed by atoms with Gasteiger partial charge in [0.15, 0.2) is 5.58 Å². The van der Waals surface area contributed by atoms with E-state index in [1.54, 1.807) is 0 Å². The third-order valence-corrected chi connectivity index (χ3v) is 3.52. The zero-order valence-electron chi connectivity index (χ0n) is 11.9. The van der Waals surface area contributed by atoms with E-state index < -0.39 is 0 Å². The van der Waals surface area contributed by atoms with Gasteiger partial charge in [0.25, 0.3) is 6.01 Å². The van der Waals surface area contributed by atoms with E-state index in [4.69, 9.17) is 4.42 Å². The first-order chi connectivity index (χ1) is 9.63. The average molecular weight is 270 g/mol. The second-order valence-electron chi connectivity index (χ2n) is 5.16. The van der Waals surface area contributed by atoms with Crippen LogP contribution in [0.5, 0.6) is 0 Å². The summed E-state index contributed by atoms with van der Waals surface area (Å²) in [4.78, 5) is 4.43. The number of para-hydroxylation sites is 2. The molecule has 2 atom stereocenters. The van der Waals surface area contributed by atoms with E-state index in [0.29, 0.717) is 6.01 Å². The summed E-state index contributed by atoms with van der Waals surface area (Å²) >= 11 is 0. The molecule has 0 aliphatic rings. The highest BCUT2D eigenvalue weighted by atomic mass is 16.4. The number of hydrogen-bond donors (Lipinski definition) is 1. The maximum atomic E-state index is 5.68. The number of aryl methyl sites for hydroxylation is 1. The van der Waals surface area contributed by atoms with Crippen LogP contribution in [0.25, 0.3) is 11.1 Å². The van der Waals surface area contributed by atoms with Gasteiger partial charge in [0.05, 0.1) is 12.2 Å². The lowest BCUT2D eigenvalue weighted by Crippen LogP contribution is -2.27. The Kier molecular flexibility index (Phi) is 3.18. The largest absolute Gasteiger partial charge is 0.424 e. The fraction of sp³-hybridized carbons (Fsp3) is 0.333. The number of anilines is 1. The summed E-state index contributed by atoms with van der Waals surface area (Å²) < 4.78 is 7.63. The van der Waals surface area contributed by atoms with Crippen LogP contribution in [-0.4, -0.2) is 20.8 Å². The van der Waals surface area contributed by atoms with Crippen molar-refractivity contribution in [2.24, 2.45) is 0 Å². The highest BCUT2D eigenvalue weighted by Gasteiger charge is 2.17. The van der Waals surface area contributed by atoms with Crippen LogP contribution in [0.3, 0.4) is 0 Å². The summed E-state index contributed by atoms with van der Waals surface area (Å²) in [6.45, 7) is 6.25. The van der Waals surface area contributed by atoms with Crippen LogP contribution in [-0.2, 0) is 0 Å². The van der Waals surface area contributed by atoms with Crippen LogP contribution in [0.15, 0.2) is 41.1 Å². The molecule has 0 amide bonds. The SMILES string of the molecule is Cc1cnn([C@@H](C)[C@@H](C)Nc2nc3ccccc3o2)c1. The Morgan fingerprint density at radius 2 is 2.05 bits per heavy atom. The lowest BCUT2D eigenvalue weighted by Gasteiger charge is -2.20. The normalized spacial score (nSPS) is 14.3. The van der Waals surface area contributed by atoms with Crippen molar-refractivity contribution in [3.05, 3.63) is 42.2 Å². The molecule has 0 aliphatic heterocycles. The van der Waals surface area contributed by atoms with Gasteiger partial charge in [-0.3, -0.25) is 4.68 Å². The number of benzene rings is 1. The zero-order chi connectivity index (χ0) is 14.1. The van der Waals surface area contributed by atoms with Crippen LogP contribution in [0.2, 0.25) is 0 Å². The number of rotatable bonds is 4. The fourth-order valence-electron chi connectivity index (χ4n) is 2.13. The van der Waals surface area contributed by atoms with Crippen molar-refractivity contribution in [1.29, 1.82) is 0 Å². The van der Waals surface area contributed by atoms with E-state index in [1.165, 1.54) is 0 Å². The Labute approximate surface area is 117 Å². The molecule has 1 N–H and O–H groups in total. The summed E-state index contributed by atoms with van der Waals surface area (Å²) in [5, 5.41) is 7.65. The summed E-state index contributed by atoms with van der Waals surface area (Å²) in [6, 6.07) is 8.66. The van der Waals surface area contributed by atoms with Crippen molar-refractivity contribution >= 4 is 17.1 Å². The van der Waals surface area contributed by atoms with E-state index in [2.05, 4.69) is 29.2 Å². The molecule has 0 saturated carbocycles. The smallest absolute Gasteiger partial charge is 0.295 e. The Balaban J connectivity index is 1.76. The molecule has 3 aromatic rings. The summed E-state index contributed by atoms with van der Waals surface area (Å²) in [7, 11) is 0. The van der Waals surface area contributed by atoms with Crippen molar-refractivity contribution in [3.8, 4) is 0 Å². The van der Waals surface area contributed by atoms with Crippen molar-refractivity contribution in [3.63, 3.8) is 0 Å². The highest BCUT2D eigenvalue weighted by Crippen LogP contribution is 2.21. The molecule has 0 bridgehead atoms. The van der Waals surface area contributed by atoms with Gasteiger partial charge in [0.1, 0.15) is 5.52 Å². The van der Waals surface area contributed by atoms with Gasteiger partial charge in [-0.05, 0) is 38.5 Å². The zero-order valence-corrected chi connectivity index (χ0v) is 11.9. The third kappa shape index (κ3) is 2.39. The molecule has 1 aromatic carbocycles. The molecule has 2 heterocycles. The minimum atomic E-state index is 0.155. The van der Waals surface area contributed by atoms with Crippen LogP contribution in [0.4, 0.5) is 6.01 Å². The van der Waals surface area contributed by atoms with E-state index >= 15 is 0 Å². The standard InChI is InChI=1S/C15H18N4O/c1-10-8-16-19(9-10)12(3)11(2)17-15-18-13-6-4-5-7-14(13)20-15/h4-9,11-12H,1-3H3,(H,17,18)/t11-,12+/m1/s1. The van der Waals surface area contributed by atoms with E-state index in [0.717, 1.165) is 16.7 Å². The maximum Gasteiger partial charge on any atom is 0.295 e. The van der Waals surface area contributed by atoms with Crippen molar-refractivity contribution < 1.29 is 4.42 Å². The number of aromatic nitrogens is 3. The quantitative estimate of drug-likeness (QED) is 0.789. The number of oxazole rings is 1. The van der Waals surface area contributed by atoms with Crippen molar-refractivity contribution in [2.45, 2.75) is 32.9 Å². The predicted octanol–water partition coefficient (Wildman–Crippen LogP) is 3.39. The first-order valence-electron chi connectivity index (χ1n) is 6.76. The van der Waals surface area contributed by atoms with Crippen molar-refractivity contribution in [2.75, 3.05) is 5.32 Å². The van der Waals surface area contributed by atoms with Crippen LogP contribution in [0.1, 0.15) is 25.5 Å². The van der Waals surface area contributed by atoms with Gasteiger partial charge in [-0.25, -0.2) is 0 Å². The summed E-state index contributed by atoms with van der Waals surface area (Å²) in [6.07, 6.45) is 3.90. The second-order valence-corrected chi connectivity index (χ2v) is 5.16. The topological polar surface area (TPSA) is 55.9 Å². The Morgan fingerprint density at radius 1 is 1.25 bits per heavy atom. The molecule has 104 valence electrons. The van der Waals surface area contributed by atoms with Gasteiger partial charge >= 0.3 is 0 Å². The summed E-state index contributed by atoms with van der Waals surface area (Å²) in [5.74, 6) is 0. The molecule has 3 rings (SSSR count). The number of hydrogen-bond acceptors (Lipinski definition) is 4. The Hall–Kier alpha value is -2.30. The van der Waals surface area contributed by atoms with Crippen molar-refractivity contribution in [1.82, 2.24) is 14.8 Å². The molecule has 0 spiro atoms. The first-order valence-corrected chi connectivity index (χ1v) is 6.76. The molecule has 20 heavy (non-hydrogen) atoms. The molecule has 5 heteroatoms. The van der Waals surface area contributed by atoms with Gasteiger partial charge in [-0.2, -0.15) is 10.1 Å². The van der Waals surface area contributed by atoms with E-state index in [-0.39, 0.29) is 12.1 Å². The Morgan fingerprint density at radius 3 is 2.75 bits per heavy atom. The van der Waals surface area contributed by atoms with Gasteiger partial charge in [-0.15, -0.1) is 0 Å². The fourth-order valence-corrected chi connectivity index (χ4v) is 2.13. The molecule has 0 fully saturated rings. The van der Waals surface area contributed by atoms with Gasteiger partial charge in [0, 0.05) is 12.2 Å². The van der Waals surface area contributed by atoms with Gasteiger partial charge in [0.2, 0.25) is 0 Å². The third-order valence-electron chi connectivity index (χ3n) is 3.52. The molecule has 2 aromatic heterocycles. The molecule has 0 unspecified atom stereocenters. The Bertz CT molecular complexity index is 682. The van der Waals surface area contributed by atoms with E-state index in [1.807, 2.05) is 48.3 Å². The van der Waals surface area contributed by atoms with Crippen LogP contribution >= 0.6 is 0 Å².